The molecule has 0 unspecified atom stereocenters. The largest absolute Gasteiger partial charge is 0.323 e. The number of anilines is 1. The summed E-state index contributed by atoms with van der Waals surface area (Å²) >= 11 is 1.74. The number of amides is 2. The Balaban J connectivity index is 1.45. The number of carbonyl (C=O) groups excluding carboxylic acids is 1. The fraction of sp³-hybridized carbons (Fsp3) is 0.353. The van der Waals surface area contributed by atoms with Gasteiger partial charge in [-0.3, -0.25) is 4.68 Å². The summed E-state index contributed by atoms with van der Waals surface area (Å²) in [5.74, 6) is 0.658. The lowest BCUT2D eigenvalue weighted by atomic mass is 10.3. The Labute approximate surface area is 144 Å². The molecule has 0 atom stereocenters. The molecule has 4 rings (SSSR count). The molecule has 2 amide bonds. The number of thiazole rings is 1. The highest BCUT2D eigenvalue weighted by molar-refractivity contribution is 7.18. The normalized spacial score (nSPS) is 14.1. The lowest BCUT2D eigenvalue weighted by Crippen LogP contribution is -2.30. The first-order valence-electron chi connectivity index (χ1n) is 7.98. The van der Waals surface area contributed by atoms with Gasteiger partial charge in [-0.1, -0.05) is 0 Å². The Morgan fingerprint density at radius 3 is 3.00 bits per heavy atom. The van der Waals surface area contributed by atoms with Crippen LogP contribution in [0, 0.1) is 0 Å². The number of hydrogen-bond donors (Lipinski definition) is 1. The summed E-state index contributed by atoms with van der Waals surface area (Å²) in [6.45, 7) is 0.522. The van der Waals surface area contributed by atoms with Crippen LogP contribution in [-0.4, -0.2) is 32.7 Å². The van der Waals surface area contributed by atoms with Crippen LogP contribution >= 0.6 is 11.3 Å². The van der Waals surface area contributed by atoms with Gasteiger partial charge in [0, 0.05) is 37.5 Å². The number of benzene rings is 1. The summed E-state index contributed by atoms with van der Waals surface area (Å²) < 4.78 is 2.86. The van der Waals surface area contributed by atoms with E-state index >= 15 is 0 Å². The van der Waals surface area contributed by atoms with Crippen LogP contribution < -0.4 is 5.32 Å². The quantitative estimate of drug-likeness (QED) is 0.789. The van der Waals surface area contributed by atoms with E-state index in [1.165, 1.54) is 17.8 Å². The summed E-state index contributed by atoms with van der Waals surface area (Å²) in [4.78, 5) is 18.7. The zero-order valence-corrected chi connectivity index (χ0v) is 14.5. The minimum atomic E-state index is -0.134. The van der Waals surface area contributed by atoms with Crippen molar-refractivity contribution in [2.75, 3.05) is 12.4 Å². The zero-order chi connectivity index (χ0) is 16.7. The van der Waals surface area contributed by atoms with Crippen molar-refractivity contribution in [2.45, 2.75) is 25.3 Å². The smallest absolute Gasteiger partial charge is 0.321 e. The third-order valence-corrected chi connectivity index (χ3v) is 5.29. The Morgan fingerprint density at radius 1 is 1.46 bits per heavy atom. The highest BCUT2D eigenvalue weighted by Crippen LogP contribution is 2.43. The van der Waals surface area contributed by atoms with Crippen LogP contribution in [0.25, 0.3) is 10.2 Å². The first kappa shape index (κ1) is 15.1. The van der Waals surface area contributed by atoms with Gasteiger partial charge in [-0.15, -0.1) is 11.3 Å². The van der Waals surface area contributed by atoms with Gasteiger partial charge in [0.25, 0.3) is 0 Å². The maximum Gasteiger partial charge on any atom is 0.321 e. The maximum atomic E-state index is 12.4. The van der Waals surface area contributed by atoms with Crippen molar-refractivity contribution >= 4 is 33.3 Å². The fourth-order valence-electron chi connectivity index (χ4n) is 2.64. The van der Waals surface area contributed by atoms with Gasteiger partial charge in [-0.2, -0.15) is 5.10 Å². The van der Waals surface area contributed by atoms with Gasteiger partial charge < -0.3 is 10.2 Å². The van der Waals surface area contributed by atoms with Crippen LogP contribution in [-0.2, 0) is 13.6 Å². The van der Waals surface area contributed by atoms with Crippen LogP contribution in [0.2, 0.25) is 0 Å². The van der Waals surface area contributed by atoms with Gasteiger partial charge in [0.2, 0.25) is 0 Å². The lowest BCUT2D eigenvalue weighted by molar-refractivity contribution is 0.220. The second kappa shape index (κ2) is 5.90. The van der Waals surface area contributed by atoms with E-state index in [0.717, 1.165) is 21.5 Å². The zero-order valence-electron chi connectivity index (χ0n) is 13.7. The van der Waals surface area contributed by atoms with Crippen LogP contribution in [0.4, 0.5) is 10.5 Å². The summed E-state index contributed by atoms with van der Waals surface area (Å²) in [7, 11) is 3.64. The average molecular weight is 341 g/mol. The first-order chi connectivity index (χ1) is 11.6. The monoisotopic (exact) mass is 341 g/mol. The Morgan fingerprint density at radius 2 is 2.29 bits per heavy atom. The van der Waals surface area contributed by atoms with Gasteiger partial charge in [-0.05, 0) is 31.0 Å². The number of urea groups is 1. The van der Waals surface area contributed by atoms with Crippen LogP contribution in [0.5, 0.6) is 0 Å². The molecule has 0 aliphatic heterocycles. The Hall–Kier alpha value is -2.41. The number of aromatic nitrogens is 3. The number of carbonyl (C=O) groups is 1. The highest BCUT2D eigenvalue weighted by Gasteiger charge is 2.27. The lowest BCUT2D eigenvalue weighted by Gasteiger charge is -2.17. The third-order valence-electron chi connectivity index (χ3n) is 4.11. The van der Waals surface area contributed by atoms with Crippen molar-refractivity contribution in [3.8, 4) is 0 Å². The Bertz CT molecular complexity index is 895. The molecule has 0 bridgehead atoms. The number of hydrogen-bond acceptors (Lipinski definition) is 4. The summed E-state index contributed by atoms with van der Waals surface area (Å²) in [6, 6.07) is 5.77. The molecule has 0 radical (unpaired) electrons. The maximum absolute atomic E-state index is 12.4. The molecule has 1 aliphatic carbocycles. The SMILES string of the molecule is CN(Cc1cnn(C)c1)C(=O)Nc1ccc2nc(C3CC3)sc2c1. The molecule has 0 spiro atoms. The first-order valence-corrected chi connectivity index (χ1v) is 8.80. The summed E-state index contributed by atoms with van der Waals surface area (Å²) in [5, 5.41) is 8.30. The van der Waals surface area contributed by atoms with Gasteiger partial charge in [0.05, 0.1) is 28.0 Å². The van der Waals surface area contributed by atoms with E-state index in [1.54, 1.807) is 34.2 Å². The van der Waals surface area contributed by atoms with Crippen LogP contribution in [0.3, 0.4) is 0 Å². The molecule has 24 heavy (non-hydrogen) atoms. The van der Waals surface area contributed by atoms with Gasteiger partial charge in [0.15, 0.2) is 0 Å². The average Bonchev–Trinajstić information content (AvgIpc) is 3.20. The van der Waals surface area contributed by atoms with Crippen molar-refractivity contribution in [2.24, 2.45) is 7.05 Å². The topological polar surface area (TPSA) is 63.1 Å². The molecule has 124 valence electrons. The van der Waals surface area contributed by atoms with E-state index in [1.807, 2.05) is 31.4 Å². The van der Waals surface area contributed by atoms with Crippen molar-refractivity contribution in [3.05, 3.63) is 41.2 Å². The van der Waals surface area contributed by atoms with Crippen molar-refractivity contribution in [1.29, 1.82) is 0 Å². The van der Waals surface area contributed by atoms with Crippen molar-refractivity contribution < 1.29 is 4.79 Å². The Kier molecular flexibility index (Phi) is 3.72. The van der Waals surface area contributed by atoms with Crippen molar-refractivity contribution in [1.82, 2.24) is 19.7 Å². The van der Waals surface area contributed by atoms with E-state index in [9.17, 15) is 4.79 Å². The summed E-state index contributed by atoms with van der Waals surface area (Å²) in [5.41, 5.74) is 2.82. The number of rotatable bonds is 4. The van der Waals surface area contributed by atoms with E-state index in [4.69, 9.17) is 0 Å². The van der Waals surface area contributed by atoms with E-state index < -0.39 is 0 Å². The molecule has 2 heterocycles. The van der Waals surface area contributed by atoms with Crippen molar-refractivity contribution in [3.63, 3.8) is 0 Å². The molecular weight excluding hydrogens is 322 g/mol. The van der Waals surface area contributed by atoms with Gasteiger partial charge >= 0.3 is 6.03 Å². The van der Waals surface area contributed by atoms with Crippen LogP contribution in [0.15, 0.2) is 30.6 Å². The number of nitrogens with zero attached hydrogens (tertiary/aromatic N) is 4. The predicted molar refractivity (Wildman–Crippen MR) is 95.3 cm³/mol. The molecule has 1 aliphatic rings. The molecule has 1 fully saturated rings. The second-order valence-electron chi connectivity index (χ2n) is 6.32. The second-order valence-corrected chi connectivity index (χ2v) is 7.38. The molecule has 1 N–H and O–H groups in total. The predicted octanol–water partition coefficient (Wildman–Crippen LogP) is 3.57. The van der Waals surface area contributed by atoms with Gasteiger partial charge in [0.1, 0.15) is 0 Å². The highest BCUT2D eigenvalue weighted by atomic mass is 32.1. The molecule has 1 aromatic carbocycles. The molecule has 1 saturated carbocycles. The van der Waals surface area contributed by atoms with Crippen LogP contribution in [0.1, 0.15) is 29.3 Å². The minimum absolute atomic E-state index is 0.134. The third kappa shape index (κ3) is 3.12. The molecular formula is C17H19N5OS. The molecule has 6 nitrogen and oxygen atoms in total. The van der Waals surface area contributed by atoms with E-state index in [2.05, 4.69) is 15.4 Å². The number of aryl methyl sites for hydroxylation is 1. The molecule has 2 aromatic heterocycles. The molecule has 7 heteroatoms. The number of fused-ring (bicyclic) bond motifs is 1. The number of nitrogens with one attached hydrogen (secondary N) is 1. The molecule has 0 saturated heterocycles. The van der Waals surface area contributed by atoms with E-state index in [0.29, 0.717) is 12.5 Å². The standard InChI is InChI=1S/C17H19N5OS/c1-21(9-11-8-18-22(2)10-11)17(23)19-13-5-6-14-15(7-13)24-16(20-14)12-3-4-12/h5-8,10,12H,3-4,9H2,1-2H3,(H,19,23). The summed E-state index contributed by atoms with van der Waals surface area (Å²) in [6.07, 6.45) is 6.18. The fourth-order valence-corrected chi connectivity index (χ4v) is 3.82. The molecule has 3 aromatic rings. The van der Waals surface area contributed by atoms with Gasteiger partial charge in [-0.25, -0.2) is 9.78 Å². The van der Waals surface area contributed by atoms with E-state index in [-0.39, 0.29) is 6.03 Å². The minimum Gasteiger partial charge on any atom is -0.323 e.